The van der Waals surface area contributed by atoms with Crippen LogP contribution in [-0.4, -0.2) is 41.5 Å². The zero-order chi connectivity index (χ0) is 18.1. The Morgan fingerprint density at radius 3 is 2.72 bits per heavy atom. The van der Waals surface area contributed by atoms with Gasteiger partial charge in [-0.15, -0.1) is 10.2 Å². The van der Waals surface area contributed by atoms with E-state index in [9.17, 15) is 9.59 Å². The largest absolute Gasteiger partial charge is 0.497 e. The summed E-state index contributed by atoms with van der Waals surface area (Å²) in [5, 5.41) is 10.8. The minimum absolute atomic E-state index is 0.161. The van der Waals surface area contributed by atoms with E-state index < -0.39 is 0 Å². The van der Waals surface area contributed by atoms with Gasteiger partial charge in [0, 0.05) is 6.08 Å². The van der Waals surface area contributed by atoms with Crippen LogP contribution in [0.25, 0.3) is 6.08 Å². The van der Waals surface area contributed by atoms with Crippen LogP contribution in [0.3, 0.4) is 0 Å². The Morgan fingerprint density at radius 1 is 1.28 bits per heavy atom. The highest BCUT2D eigenvalue weighted by Crippen LogP contribution is 2.25. The molecule has 2 aromatic rings. The fourth-order valence-corrected chi connectivity index (χ4v) is 3.23. The van der Waals surface area contributed by atoms with Crippen LogP contribution < -0.4 is 10.1 Å². The van der Waals surface area contributed by atoms with Gasteiger partial charge >= 0.3 is 5.97 Å². The molecule has 0 bridgehead atoms. The predicted molar refractivity (Wildman–Crippen MR) is 97.9 cm³/mol. The van der Waals surface area contributed by atoms with Gasteiger partial charge in [0.05, 0.1) is 19.5 Å². The number of carbonyl (C=O) groups is 2. The summed E-state index contributed by atoms with van der Waals surface area (Å²) in [5.74, 6) is 0.293. The molecule has 0 spiro atoms. The van der Waals surface area contributed by atoms with Gasteiger partial charge in [0.25, 0.3) is 0 Å². The maximum absolute atomic E-state index is 11.9. The number of amides is 1. The number of nitrogens with one attached hydrogen (secondary N) is 1. The Hall–Kier alpha value is -2.39. The molecule has 132 valence electrons. The first-order valence-corrected chi connectivity index (χ1v) is 9.16. The number of aromatic nitrogens is 2. The Balaban J connectivity index is 1.83. The van der Waals surface area contributed by atoms with E-state index in [1.807, 2.05) is 24.3 Å². The summed E-state index contributed by atoms with van der Waals surface area (Å²) in [6, 6.07) is 7.32. The monoisotopic (exact) mass is 379 g/mol. The summed E-state index contributed by atoms with van der Waals surface area (Å²) in [6.07, 6.45) is 3.10. The lowest BCUT2D eigenvalue weighted by molar-refractivity contribution is -0.139. The molecule has 1 heterocycles. The molecule has 25 heavy (non-hydrogen) atoms. The standard InChI is InChI=1S/C16H17N3O4S2/c1-3-23-14(21)10-24-16-19-18-15(25-16)17-13(20)9-6-11-4-7-12(22-2)8-5-11/h4-9H,3,10H2,1-2H3,(H,17,18,20)/b9-6+. The molecule has 0 atom stereocenters. The van der Waals surface area contributed by atoms with Gasteiger partial charge < -0.3 is 9.47 Å². The lowest BCUT2D eigenvalue weighted by atomic mass is 10.2. The maximum atomic E-state index is 11.9. The summed E-state index contributed by atoms with van der Waals surface area (Å²) < 4.78 is 10.5. The Labute approximate surface area is 153 Å². The van der Waals surface area contributed by atoms with Crippen molar-refractivity contribution in [3.8, 4) is 5.75 Å². The number of carbonyl (C=O) groups excluding carboxylic acids is 2. The summed E-state index contributed by atoms with van der Waals surface area (Å²) in [7, 11) is 1.60. The van der Waals surface area contributed by atoms with Crippen molar-refractivity contribution >= 4 is 46.2 Å². The van der Waals surface area contributed by atoms with Gasteiger partial charge in [0.15, 0.2) is 4.34 Å². The van der Waals surface area contributed by atoms with E-state index in [2.05, 4.69) is 15.5 Å². The molecule has 1 aromatic carbocycles. The van der Waals surface area contributed by atoms with E-state index in [1.54, 1.807) is 20.1 Å². The molecule has 0 saturated heterocycles. The second kappa shape index (κ2) is 9.80. The highest BCUT2D eigenvalue weighted by molar-refractivity contribution is 8.01. The topological polar surface area (TPSA) is 90.4 Å². The van der Waals surface area contributed by atoms with Gasteiger partial charge in [0.2, 0.25) is 11.0 Å². The van der Waals surface area contributed by atoms with E-state index in [0.717, 1.165) is 11.3 Å². The second-order valence-electron chi connectivity index (χ2n) is 4.56. The van der Waals surface area contributed by atoms with Crippen LogP contribution in [0, 0.1) is 0 Å². The van der Waals surface area contributed by atoms with E-state index >= 15 is 0 Å². The van der Waals surface area contributed by atoms with Gasteiger partial charge in [-0.3, -0.25) is 14.9 Å². The summed E-state index contributed by atoms with van der Waals surface area (Å²) in [5.41, 5.74) is 0.874. The van der Waals surface area contributed by atoms with Crippen LogP contribution in [0.1, 0.15) is 12.5 Å². The quantitative estimate of drug-likeness (QED) is 0.326. The number of rotatable bonds is 8. The molecule has 0 aliphatic heterocycles. The fourth-order valence-electron chi connectivity index (χ4n) is 1.68. The van der Waals surface area contributed by atoms with Crippen LogP contribution >= 0.6 is 23.1 Å². The molecule has 0 fully saturated rings. The van der Waals surface area contributed by atoms with Crippen LogP contribution in [-0.2, 0) is 14.3 Å². The summed E-state index contributed by atoms with van der Waals surface area (Å²) in [4.78, 5) is 23.2. The Bertz CT molecular complexity index is 744. The maximum Gasteiger partial charge on any atom is 0.316 e. The SMILES string of the molecule is CCOC(=O)CSc1nnc(NC(=O)/C=C/c2ccc(OC)cc2)s1. The molecule has 2 rings (SSSR count). The summed E-state index contributed by atoms with van der Waals surface area (Å²) >= 11 is 2.42. The number of nitrogens with zero attached hydrogens (tertiary/aromatic N) is 2. The molecule has 0 radical (unpaired) electrons. The molecule has 1 aromatic heterocycles. The van der Waals surface area contributed by atoms with Crippen molar-refractivity contribution in [3.63, 3.8) is 0 Å². The number of hydrogen-bond acceptors (Lipinski definition) is 8. The van der Waals surface area contributed by atoms with Crippen LogP contribution in [0.4, 0.5) is 5.13 Å². The Kier molecular flexibility index (Phi) is 7.42. The zero-order valence-corrected chi connectivity index (χ0v) is 15.4. The predicted octanol–water partition coefficient (Wildman–Crippen LogP) is 2.85. The minimum Gasteiger partial charge on any atom is -0.497 e. The first-order chi connectivity index (χ1) is 12.1. The average Bonchev–Trinajstić information content (AvgIpc) is 3.06. The van der Waals surface area contributed by atoms with E-state index in [-0.39, 0.29) is 17.6 Å². The molecular weight excluding hydrogens is 362 g/mol. The first-order valence-electron chi connectivity index (χ1n) is 7.35. The van der Waals surface area contributed by atoms with E-state index in [0.29, 0.717) is 16.1 Å². The van der Waals surface area contributed by atoms with Crippen LogP contribution in [0.2, 0.25) is 0 Å². The number of anilines is 1. The zero-order valence-electron chi connectivity index (χ0n) is 13.7. The molecule has 7 nitrogen and oxygen atoms in total. The van der Waals surface area contributed by atoms with Gasteiger partial charge in [-0.1, -0.05) is 35.2 Å². The van der Waals surface area contributed by atoms with Gasteiger partial charge in [-0.05, 0) is 30.7 Å². The highest BCUT2D eigenvalue weighted by atomic mass is 32.2. The molecule has 0 aliphatic rings. The van der Waals surface area contributed by atoms with E-state index in [4.69, 9.17) is 9.47 Å². The van der Waals surface area contributed by atoms with Crippen molar-refractivity contribution in [2.24, 2.45) is 0 Å². The first kappa shape index (κ1) is 18.9. The van der Waals surface area contributed by atoms with Gasteiger partial charge in [-0.2, -0.15) is 0 Å². The molecule has 1 N–H and O–H groups in total. The Morgan fingerprint density at radius 2 is 2.04 bits per heavy atom. The third kappa shape index (κ3) is 6.55. The van der Waals surface area contributed by atoms with Crippen molar-refractivity contribution in [1.82, 2.24) is 10.2 Å². The third-order valence-corrected chi connectivity index (χ3v) is 4.74. The van der Waals surface area contributed by atoms with Crippen molar-refractivity contribution in [1.29, 1.82) is 0 Å². The molecule has 0 unspecified atom stereocenters. The van der Waals surface area contributed by atoms with E-state index in [1.165, 1.54) is 29.2 Å². The van der Waals surface area contributed by atoms with Crippen LogP contribution in [0.5, 0.6) is 5.75 Å². The van der Waals surface area contributed by atoms with Crippen molar-refractivity contribution < 1.29 is 19.1 Å². The fraction of sp³-hybridized carbons (Fsp3) is 0.250. The molecule has 1 amide bonds. The molecule has 9 heteroatoms. The number of benzene rings is 1. The van der Waals surface area contributed by atoms with Gasteiger partial charge in [-0.25, -0.2) is 0 Å². The molecule has 0 saturated carbocycles. The number of methoxy groups -OCH3 is 1. The second-order valence-corrected chi connectivity index (χ2v) is 6.76. The summed E-state index contributed by atoms with van der Waals surface area (Å²) in [6.45, 7) is 2.10. The molecular formula is C16H17N3O4S2. The van der Waals surface area contributed by atoms with Crippen LogP contribution in [0.15, 0.2) is 34.7 Å². The normalized spacial score (nSPS) is 10.6. The lowest BCUT2D eigenvalue weighted by Gasteiger charge is -1.99. The van der Waals surface area contributed by atoms with Gasteiger partial charge in [0.1, 0.15) is 5.75 Å². The highest BCUT2D eigenvalue weighted by Gasteiger charge is 2.09. The minimum atomic E-state index is -0.311. The number of thioether (sulfide) groups is 1. The van der Waals surface area contributed by atoms with Crippen molar-refractivity contribution in [2.45, 2.75) is 11.3 Å². The molecule has 0 aliphatic carbocycles. The number of ether oxygens (including phenoxy) is 2. The number of hydrogen-bond donors (Lipinski definition) is 1. The smallest absolute Gasteiger partial charge is 0.316 e. The van der Waals surface area contributed by atoms with Crippen molar-refractivity contribution in [3.05, 3.63) is 35.9 Å². The average molecular weight is 379 g/mol. The van der Waals surface area contributed by atoms with Crippen molar-refractivity contribution in [2.75, 3.05) is 24.8 Å². The third-order valence-electron chi connectivity index (χ3n) is 2.80. The number of esters is 1. The lowest BCUT2D eigenvalue weighted by Crippen LogP contribution is -2.07.